The summed E-state index contributed by atoms with van der Waals surface area (Å²) in [6, 6.07) is 6.60. The minimum Gasteiger partial charge on any atom is -0.399 e. The van der Waals surface area contributed by atoms with Crippen LogP contribution in [0.2, 0.25) is 0 Å². The molecule has 0 atom stereocenters. The number of nitrogen functional groups attached to an aromatic ring is 1. The highest BCUT2D eigenvalue weighted by Crippen LogP contribution is 2.16. The van der Waals surface area contributed by atoms with E-state index in [0.717, 1.165) is 5.56 Å². The number of carbonyl (C=O) groups is 1. The second-order valence-corrected chi connectivity index (χ2v) is 4.56. The number of hydrogen-bond donors (Lipinski definition) is 2. The van der Waals surface area contributed by atoms with E-state index in [-0.39, 0.29) is 5.56 Å². The maximum atomic E-state index is 13.9. The van der Waals surface area contributed by atoms with Gasteiger partial charge in [0.2, 0.25) is 0 Å². The zero-order valence-corrected chi connectivity index (χ0v) is 11.2. The summed E-state index contributed by atoms with van der Waals surface area (Å²) in [5, 5.41) is 2.69. The fourth-order valence-electron chi connectivity index (χ4n) is 1.93. The van der Waals surface area contributed by atoms with Crippen LogP contribution in [-0.2, 0) is 6.42 Å². The number of amides is 1. The molecule has 2 rings (SSSR count). The Morgan fingerprint density at radius 1 is 1.35 bits per heavy atom. The number of hydrogen-bond acceptors (Lipinski definition) is 3. The van der Waals surface area contributed by atoms with Crippen LogP contribution in [0.25, 0.3) is 0 Å². The monoisotopic (exact) mass is 273 g/mol. The Hall–Kier alpha value is -2.43. The second kappa shape index (κ2) is 6.14. The molecule has 0 spiro atoms. The summed E-state index contributed by atoms with van der Waals surface area (Å²) in [6.07, 6.45) is 4.05. The first-order valence-electron chi connectivity index (χ1n) is 6.30. The molecular formula is C15H16FN3O. The van der Waals surface area contributed by atoms with Crippen LogP contribution < -0.4 is 11.1 Å². The molecule has 0 saturated heterocycles. The molecule has 1 aromatic carbocycles. The van der Waals surface area contributed by atoms with Gasteiger partial charge in [-0.2, -0.15) is 0 Å². The van der Waals surface area contributed by atoms with Crippen molar-refractivity contribution in [3.05, 3.63) is 59.2 Å². The highest BCUT2D eigenvalue weighted by atomic mass is 19.1. The molecule has 20 heavy (non-hydrogen) atoms. The number of halogens is 1. The van der Waals surface area contributed by atoms with Crippen LogP contribution in [0.4, 0.5) is 10.1 Å². The van der Waals surface area contributed by atoms with E-state index < -0.39 is 11.7 Å². The van der Waals surface area contributed by atoms with Crippen LogP contribution in [0.1, 0.15) is 21.5 Å². The average Bonchev–Trinajstić information content (AvgIpc) is 2.44. The molecule has 3 N–H and O–H groups in total. The molecule has 0 aliphatic rings. The third-order valence-electron chi connectivity index (χ3n) is 2.97. The van der Waals surface area contributed by atoms with Gasteiger partial charge in [-0.25, -0.2) is 4.39 Å². The lowest BCUT2D eigenvalue weighted by atomic mass is 10.1. The Labute approximate surface area is 116 Å². The van der Waals surface area contributed by atoms with Crippen molar-refractivity contribution < 1.29 is 9.18 Å². The molecular weight excluding hydrogens is 257 g/mol. The van der Waals surface area contributed by atoms with Crippen molar-refractivity contribution in [3.63, 3.8) is 0 Å². The number of aromatic nitrogens is 1. The molecule has 0 saturated carbocycles. The zero-order chi connectivity index (χ0) is 14.5. The van der Waals surface area contributed by atoms with Gasteiger partial charge in [-0.1, -0.05) is 0 Å². The summed E-state index contributed by atoms with van der Waals surface area (Å²) >= 11 is 0. The van der Waals surface area contributed by atoms with Gasteiger partial charge < -0.3 is 11.1 Å². The molecule has 1 aromatic heterocycles. The van der Waals surface area contributed by atoms with Crippen molar-refractivity contribution in [2.45, 2.75) is 13.3 Å². The number of benzene rings is 1. The summed E-state index contributed by atoms with van der Waals surface area (Å²) in [5.74, 6) is -0.979. The Kier molecular flexibility index (Phi) is 4.30. The maximum absolute atomic E-state index is 13.9. The van der Waals surface area contributed by atoms with Crippen LogP contribution in [-0.4, -0.2) is 17.4 Å². The van der Waals surface area contributed by atoms with Crippen LogP contribution in [0.15, 0.2) is 36.7 Å². The summed E-state index contributed by atoms with van der Waals surface area (Å²) in [4.78, 5) is 15.9. The number of pyridine rings is 1. The SMILES string of the molecule is Cc1cc(N)cc(C(=O)NCCc2ccncc2)c1F. The van der Waals surface area contributed by atoms with Crippen molar-refractivity contribution in [3.8, 4) is 0 Å². The number of rotatable bonds is 4. The fourth-order valence-corrected chi connectivity index (χ4v) is 1.93. The van der Waals surface area contributed by atoms with Gasteiger partial charge in [0.05, 0.1) is 5.56 Å². The minimum absolute atomic E-state index is 0.0165. The van der Waals surface area contributed by atoms with Gasteiger partial charge in [0.1, 0.15) is 5.82 Å². The summed E-state index contributed by atoms with van der Waals surface area (Å²) in [7, 11) is 0. The van der Waals surface area contributed by atoms with Crippen LogP contribution in [0.5, 0.6) is 0 Å². The summed E-state index contributed by atoms with van der Waals surface area (Å²) in [5.41, 5.74) is 7.42. The first-order valence-corrected chi connectivity index (χ1v) is 6.30. The number of anilines is 1. The lowest BCUT2D eigenvalue weighted by Crippen LogP contribution is -2.27. The van der Waals surface area contributed by atoms with Crippen LogP contribution in [0, 0.1) is 12.7 Å². The molecule has 0 radical (unpaired) electrons. The van der Waals surface area contributed by atoms with E-state index in [9.17, 15) is 9.18 Å². The standard InChI is InChI=1S/C15H16FN3O/c1-10-8-12(17)9-13(14(10)16)15(20)19-7-4-11-2-5-18-6-3-11/h2-3,5-6,8-9H,4,7,17H2,1H3,(H,19,20). The number of nitrogens with one attached hydrogen (secondary N) is 1. The number of nitrogens with zero attached hydrogens (tertiary/aromatic N) is 1. The number of nitrogens with two attached hydrogens (primary N) is 1. The predicted octanol–water partition coefficient (Wildman–Crippen LogP) is 2.08. The second-order valence-electron chi connectivity index (χ2n) is 4.56. The van der Waals surface area contributed by atoms with Crippen LogP contribution >= 0.6 is 0 Å². The van der Waals surface area contributed by atoms with E-state index in [4.69, 9.17) is 5.73 Å². The Morgan fingerprint density at radius 3 is 2.75 bits per heavy atom. The molecule has 1 amide bonds. The highest BCUT2D eigenvalue weighted by molar-refractivity contribution is 5.95. The topological polar surface area (TPSA) is 68.0 Å². The van der Waals surface area contributed by atoms with E-state index in [0.29, 0.717) is 24.2 Å². The average molecular weight is 273 g/mol. The third-order valence-corrected chi connectivity index (χ3v) is 2.97. The molecule has 4 nitrogen and oxygen atoms in total. The fraction of sp³-hybridized carbons (Fsp3) is 0.200. The summed E-state index contributed by atoms with van der Waals surface area (Å²) < 4.78 is 13.9. The molecule has 2 aromatic rings. The van der Waals surface area contributed by atoms with Gasteiger partial charge in [-0.15, -0.1) is 0 Å². The Bertz CT molecular complexity index is 614. The normalized spacial score (nSPS) is 10.3. The van der Waals surface area contributed by atoms with Gasteiger partial charge in [-0.05, 0) is 48.7 Å². The minimum atomic E-state index is -0.527. The number of aryl methyl sites for hydroxylation is 1. The number of carbonyl (C=O) groups excluding carboxylic acids is 1. The molecule has 0 aliphatic heterocycles. The van der Waals surface area contributed by atoms with Crippen molar-refractivity contribution in [1.29, 1.82) is 0 Å². The van der Waals surface area contributed by atoms with E-state index in [1.165, 1.54) is 12.1 Å². The quantitative estimate of drug-likeness (QED) is 0.838. The predicted molar refractivity (Wildman–Crippen MR) is 75.8 cm³/mol. The van der Waals surface area contributed by atoms with Gasteiger partial charge >= 0.3 is 0 Å². The molecule has 0 unspecified atom stereocenters. The van der Waals surface area contributed by atoms with E-state index in [1.807, 2.05) is 12.1 Å². The molecule has 0 bridgehead atoms. The van der Waals surface area contributed by atoms with Crippen molar-refractivity contribution in [1.82, 2.24) is 10.3 Å². The smallest absolute Gasteiger partial charge is 0.254 e. The first kappa shape index (κ1) is 14.0. The Balaban J connectivity index is 1.99. The lowest BCUT2D eigenvalue weighted by molar-refractivity contribution is 0.0950. The van der Waals surface area contributed by atoms with Gasteiger partial charge in [0.15, 0.2) is 0 Å². The van der Waals surface area contributed by atoms with Gasteiger partial charge in [-0.3, -0.25) is 9.78 Å². The van der Waals surface area contributed by atoms with Gasteiger partial charge in [0.25, 0.3) is 5.91 Å². The van der Waals surface area contributed by atoms with Gasteiger partial charge in [0, 0.05) is 24.6 Å². The maximum Gasteiger partial charge on any atom is 0.254 e. The van der Waals surface area contributed by atoms with Crippen molar-refractivity contribution in [2.75, 3.05) is 12.3 Å². The molecule has 104 valence electrons. The molecule has 0 aliphatic carbocycles. The molecule has 1 heterocycles. The first-order chi connectivity index (χ1) is 9.58. The zero-order valence-electron chi connectivity index (χ0n) is 11.2. The molecule has 0 fully saturated rings. The van der Waals surface area contributed by atoms with Crippen molar-refractivity contribution >= 4 is 11.6 Å². The third kappa shape index (κ3) is 3.32. The largest absolute Gasteiger partial charge is 0.399 e. The van der Waals surface area contributed by atoms with E-state index in [1.54, 1.807) is 19.3 Å². The van der Waals surface area contributed by atoms with Crippen molar-refractivity contribution in [2.24, 2.45) is 0 Å². The highest BCUT2D eigenvalue weighted by Gasteiger charge is 2.14. The summed E-state index contributed by atoms with van der Waals surface area (Å²) in [6.45, 7) is 2.01. The van der Waals surface area contributed by atoms with E-state index >= 15 is 0 Å². The van der Waals surface area contributed by atoms with E-state index in [2.05, 4.69) is 10.3 Å². The van der Waals surface area contributed by atoms with Crippen LogP contribution in [0.3, 0.4) is 0 Å². The molecule has 5 heteroatoms. The lowest BCUT2D eigenvalue weighted by Gasteiger charge is -2.08. The Morgan fingerprint density at radius 2 is 2.05 bits per heavy atom.